The third kappa shape index (κ3) is 3.65. The van der Waals surface area contributed by atoms with E-state index in [4.69, 9.17) is 9.73 Å². The van der Waals surface area contributed by atoms with Crippen molar-refractivity contribution < 1.29 is 9.53 Å². The molecule has 0 amide bonds. The van der Waals surface area contributed by atoms with Crippen LogP contribution >= 0.6 is 0 Å². The van der Waals surface area contributed by atoms with E-state index in [9.17, 15) is 4.79 Å². The number of aliphatic imine (C=N–C) groups is 2. The van der Waals surface area contributed by atoms with Crippen molar-refractivity contribution in [2.24, 2.45) is 9.98 Å². The van der Waals surface area contributed by atoms with E-state index >= 15 is 0 Å². The fourth-order valence-electron chi connectivity index (χ4n) is 3.77. The summed E-state index contributed by atoms with van der Waals surface area (Å²) in [6.07, 6.45) is 0.150. The number of anilines is 1. The van der Waals surface area contributed by atoms with Crippen molar-refractivity contribution in [3.8, 4) is 0 Å². The van der Waals surface area contributed by atoms with Crippen LogP contribution in [0.25, 0.3) is 0 Å². The molecule has 0 aromatic heterocycles. The molecule has 146 valence electrons. The van der Waals surface area contributed by atoms with Crippen LogP contribution in [0.15, 0.2) is 81.7 Å². The third-order valence-electron chi connectivity index (χ3n) is 4.92. The molecule has 5 heteroatoms. The zero-order chi connectivity index (χ0) is 20.4. The Kier molecular flexibility index (Phi) is 5.15. The Morgan fingerprint density at radius 1 is 1.10 bits per heavy atom. The first-order valence-electron chi connectivity index (χ1n) is 9.79. The molecule has 4 rings (SSSR count). The van der Waals surface area contributed by atoms with Gasteiger partial charge in [0.05, 0.1) is 35.8 Å². The van der Waals surface area contributed by atoms with E-state index in [1.165, 1.54) is 0 Å². The van der Waals surface area contributed by atoms with Gasteiger partial charge in [-0.15, -0.1) is 0 Å². The average molecular weight is 385 g/mol. The van der Waals surface area contributed by atoms with Gasteiger partial charge in [0.15, 0.2) is 0 Å². The second kappa shape index (κ2) is 7.90. The van der Waals surface area contributed by atoms with Crippen LogP contribution in [-0.2, 0) is 9.53 Å². The number of rotatable bonds is 4. The number of esters is 1. The van der Waals surface area contributed by atoms with Crippen molar-refractivity contribution >= 4 is 23.2 Å². The normalized spacial score (nSPS) is 17.8. The number of carbonyl (C=O) groups excluding carboxylic acids is 1. The van der Waals surface area contributed by atoms with Crippen molar-refractivity contribution in [1.29, 1.82) is 0 Å². The number of para-hydroxylation sites is 1. The summed E-state index contributed by atoms with van der Waals surface area (Å²) in [5.41, 5.74) is 8.79. The highest BCUT2D eigenvalue weighted by Gasteiger charge is 2.33. The highest BCUT2D eigenvalue weighted by atomic mass is 16.5. The lowest BCUT2D eigenvalue weighted by Gasteiger charge is -2.30. The maximum absolute atomic E-state index is 12.4. The minimum Gasteiger partial charge on any atom is -0.466 e. The number of hydrogen-bond acceptors (Lipinski definition) is 5. The average Bonchev–Trinajstić information content (AvgIpc) is 2.84. The molecule has 0 aliphatic carbocycles. The first-order chi connectivity index (χ1) is 14.1. The van der Waals surface area contributed by atoms with Crippen molar-refractivity contribution in [3.05, 3.63) is 82.8 Å². The second-order valence-electron chi connectivity index (χ2n) is 6.98. The van der Waals surface area contributed by atoms with E-state index in [1.54, 1.807) is 0 Å². The van der Waals surface area contributed by atoms with Gasteiger partial charge in [0.1, 0.15) is 11.9 Å². The topological polar surface area (TPSA) is 54.3 Å². The molecule has 0 saturated heterocycles. The highest BCUT2D eigenvalue weighted by Crippen LogP contribution is 2.35. The van der Waals surface area contributed by atoms with Crippen molar-refractivity contribution in [1.82, 2.24) is 0 Å². The third-order valence-corrected chi connectivity index (χ3v) is 4.92. The molecule has 2 heterocycles. The lowest BCUT2D eigenvalue weighted by Crippen LogP contribution is -2.35. The number of benzene rings is 2. The molecule has 5 nitrogen and oxygen atoms in total. The number of ether oxygens (including phenoxy) is 1. The van der Waals surface area contributed by atoms with Gasteiger partial charge in [0.2, 0.25) is 0 Å². The quantitative estimate of drug-likeness (QED) is 0.576. The van der Waals surface area contributed by atoms with Crippen molar-refractivity contribution in [3.63, 3.8) is 0 Å². The van der Waals surface area contributed by atoms with E-state index in [-0.39, 0.29) is 12.4 Å². The van der Waals surface area contributed by atoms with Gasteiger partial charge in [-0.1, -0.05) is 54.3 Å². The molecule has 29 heavy (non-hydrogen) atoms. The Hall–Kier alpha value is -3.43. The van der Waals surface area contributed by atoms with Crippen LogP contribution < -0.4 is 4.90 Å². The monoisotopic (exact) mass is 385 g/mol. The van der Waals surface area contributed by atoms with Crippen LogP contribution in [0.4, 0.5) is 5.69 Å². The zero-order valence-electron chi connectivity index (χ0n) is 16.8. The molecule has 0 N–H and O–H groups in total. The summed E-state index contributed by atoms with van der Waals surface area (Å²) in [5.74, 6) is 0.564. The minimum atomic E-state index is -0.419. The molecule has 1 unspecified atom stereocenters. The molecule has 2 aliphatic rings. The van der Waals surface area contributed by atoms with Crippen LogP contribution in [0.1, 0.15) is 38.3 Å². The lowest BCUT2D eigenvalue weighted by molar-refractivity contribution is -0.143. The molecule has 0 bridgehead atoms. The molecule has 2 aliphatic heterocycles. The molecule has 0 spiro atoms. The summed E-state index contributed by atoms with van der Waals surface area (Å²) in [6, 6.07) is 17.8. The van der Waals surface area contributed by atoms with Crippen molar-refractivity contribution in [2.75, 3.05) is 11.5 Å². The van der Waals surface area contributed by atoms with Crippen molar-refractivity contribution in [2.45, 2.75) is 33.2 Å². The summed E-state index contributed by atoms with van der Waals surface area (Å²) in [5, 5.41) is 0. The van der Waals surface area contributed by atoms with Gasteiger partial charge in [0.25, 0.3) is 0 Å². The summed E-state index contributed by atoms with van der Waals surface area (Å²) >= 11 is 0. The van der Waals surface area contributed by atoms with Gasteiger partial charge < -0.3 is 4.74 Å². The number of hydrogen-bond donors (Lipinski definition) is 0. The Bertz CT molecular complexity index is 1080. The van der Waals surface area contributed by atoms with Gasteiger partial charge in [-0.2, -0.15) is 0 Å². The van der Waals surface area contributed by atoms with E-state index in [2.05, 4.69) is 27.8 Å². The maximum atomic E-state index is 12.4. The van der Waals surface area contributed by atoms with E-state index in [0.29, 0.717) is 6.61 Å². The maximum Gasteiger partial charge on any atom is 0.308 e. The Balaban J connectivity index is 1.96. The smallest absolute Gasteiger partial charge is 0.308 e. The summed E-state index contributed by atoms with van der Waals surface area (Å²) < 4.78 is 5.23. The molecule has 1 atom stereocenters. The Labute approximate surface area is 170 Å². The molecular weight excluding hydrogens is 362 g/mol. The minimum absolute atomic E-state index is 0.150. The molecule has 0 radical (unpaired) electrons. The number of nitrogens with zero attached hydrogens (tertiary/aromatic N) is 3. The van der Waals surface area contributed by atoms with Gasteiger partial charge in [0, 0.05) is 11.1 Å². The van der Waals surface area contributed by atoms with Crippen LogP contribution in [-0.4, -0.2) is 30.2 Å². The molecular formula is C24H23N3O2. The summed E-state index contributed by atoms with van der Waals surface area (Å²) in [7, 11) is 0. The molecule has 0 fully saturated rings. The predicted octanol–water partition coefficient (Wildman–Crippen LogP) is 4.48. The van der Waals surface area contributed by atoms with Crippen LogP contribution in [0.5, 0.6) is 0 Å². The Morgan fingerprint density at radius 2 is 1.83 bits per heavy atom. The number of fused-ring (bicyclic) bond motifs is 3. The lowest BCUT2D eigenvalue weighted by atomic mass is 10.00. The largest absolute Gasteiger partial charge is 0.466 e. The SMILES string of the molecule is CCOC(=O)CC1N=C(c2ccccc2)c2ccccc2N2C1=C=C(C)N=C2C. The van der Waals surface area contributed by atoms with E-state index in [1.807, 2.05) is 63.2 Å². The second-order valence-corrected chi connectivity index (χ2v) is 6.98. The fraction of sp³-hybridized carbons (Fsp3) is 0.250. The number of carbonyl (C=O) groups is 1. The van der Waals surface area contributed by atoms with E-state index < -0.39 is 6.04 Å². The molecule has 2 aromatic carbocycles. The van der Waals surface area contributed by atoms with E-state index in [0.717, 1.165) is 39.8 Å². The summed E-state index contributed by atoms with van der Waals surface area (Å²) in [4.78, 5) is 24.1. The zero-order valence-corrected chi connectivity index (χ0v) is 16.8. The predicted molar refractivity (Wildman–Crippen MR) is 115 cm³/mol. The Morgan fingerprint density at radius 3 is 2.59 bits per heavy atom. The molecule has 0 saturated carbocycles. The van der Waals surface area contributed by atoms with Gasteiger partial charge in [-0.3, -0.25) is 14.7 Å². The van der Waals surface area contributed by atoms with Gasteiger partial charge >= 0.3 is 5.97 Å². The summed E-state index contributed by atoms with van der Waals surface area (Å²) in [6.45, 7) is 6.04. The van der Waals surface area contributed by atoms with Crippen LogP contribution in [0, 0.1) is 0 Å². The number of amidine groups is 1. The first-order valence-corrected chi connectivity index (χ1v) is 9.79. The van der Waals surface area contributed by atoms with Gasteiger partial charge in [-0.25, -0.2) is 4.99 Å². The fourth-order valence-corrected chi connectivity index (χ4v) is 3.77. The standard InChI is InChI=1S/C24H23N3O2/c1-4-29-23(28)15-20-22-14-16(2)25-17(3)27(22)21-13-9-8-12-19(21)24(26-20)18-10-6-5-7-11-18/h5-13,20H,4,15H2,1-3H3. The van der Waals surface area contributed by atoms with Crippen LogP contribution in [0.3, 0.4) is 0 Å². The molecule has 2 aromatic rings. The first kappa shape index (κ1) is 18.9. The highest BCUT2D eigenvalue weighted by molar-refractivity contribution is 6.19. The van der Waals surface area contributed by atoms with Crippen LogP contribution in [0.2, 0.25) is 0 Å². The van der Waals surface area contributed by atoms with Gasteiger partial charge in [-0.05, 0) is 26.8 Å².